The molecular formula is C27H29F3N6O8S. The third-order valence-corrected chi connectivity index (χ3v) is 7.78. The van der Waals surface area contributed by atoms with Crippen molar-refractivity contribution in [2.45, 2.75) is 44.4 Å². The predicted molar refractivity (Wildman–Crippen MR) is 148 cm³/mol. The van der Waals surface area contributed by atoms with Gasteiger partial charge in [-0.25, -0.2) is 22.6 Å². The highest BCUT2D eigenvalue weighted by atomic mass is 32.2. The third kappa shape index (κ3) is 8.40. The topological polar surface area (TPSA) is 167 Å². The van der Waals surface area contributed by atoms with Crippen molar-refractivity contribution in [1.29, 1.82) is 0 Å². The molecule has 1 fully saturated rings. The van der Waals surface area contributed by atoms with Crippen molar-refractivity contribution in [3.63, 3.8) is 0 Å². The van der Waals surface area contributed by atoms with E-state index < -0.39 is 52.8 Å². The van der Waals surface area contributed by atoms with Gasteiger partial charge in [-0.05, 0) is 37.3 Å². The first-order valence-corrected chi connectivity index (χ1v) is 14.9. The van der Waals surface area contributed by atoms with Gasteiger partial charge in [0, 0.05) is 12.0 Å². The molecule has 4 rings (SSSR count). The smallest absolute Gasteiger partial charge is 0.435 e. The number of nitrogens with zero attached hydrogens (tertiary/aromatic N) is 5. The summed E-state index contributed by atoms with van der Waals surface area (Å²) in [5, 5.41) is 20.1. The van der Waals surface area contributed by atoms with E-state index in [1.165, 1.54) is 12.1 Å². The third-order valence-electron chi connectivity index (χ3n) is 6.45. The minimum absolute atomic E-state index is 0.0876. The fourth-order valence-corrected chi connectivity index (χ4v) is 4.97. The van der Waals surface area contributed by atoms with E-state index in [9.17, 15) is 36.4 Å². The molecule has 1 saturated heterocycles. The maximum absolute atomic E-state index is 13.5. The summed E-state index contributed by atoms with van der Waals surface area (Å²) in [5.41, 5.74) is 0.517. The van der Waals surface area contributed by atoms with E-state index in [-0.39, 0.29) is 40.8 Å². The van der Waals surface area contributed by atoms with Crippen LogP contribution in [0.1, 0.15) is 31.5 Å². The van der Waals surface area contributed by atoms with Gasteiger partial charge < -0.3 is 19.5 Å². The molecule has 1 atom stereocenters. The summed E-state index contributed by atoms with van der Waals surface area (Å²) in [6.45, 7) is 4.46. The van der Waals surface area contributed by atoms with Crippen LogP contribution >= 0.6 is 0 Å². The SMILES string of the molecule is Cc1ccc(-c2cc(C(F)(F)F)nn2-c2ccc(S(=O)(=O)NC(=O)OC3CCN([N+]([O-])=NOCOC(=O)C(C)C)C3)cc2)cc1. The second kappa shape index (κ2) is 13.4. The Hall–Kier alpha value is -4.87. The number of nitrogens with one attached hydrogen (secondary N) is 1. The summed E-state index contributed by atoms with van der Waals surface area (Å²) in [6, 6.07) is 12.4. The number of carbonyl (C=O) groups excluding carboxylic acids is 2. The summed E-state index contributed by atoms with van der Waals surface area (Å²) in [7, 11) is -4.44. The van der Waals surface area contributed by atoms with Crippen molar-refractivity contribution >= 4 is 22.1 Å². The minimum atomic E-state index is -4.72. The van der Waals surface area contributed by atoms with Crippen LogP contribution in [-0.4, -0.2) is 66.2 Å². The number of sulfonamides is 1. The molecule has 45 heavy (non-hydrogen) atoms. The largest absolute Gasteiger partial charge is 0.569 e. The maximum atomic E-state index is 13.5. The van der Waals surface area contributed by atoms with E-state index in [1.807, 2.05) is 6.92 Å². The molecule has 14 nitrogen and oxygen atoms in total. The number of carbonyl (C=O) groups is 2. The average Bonchev–Trinajstić information content (AvgIpc) is 3.63. The number of aryl methyl sites for hydroxylation is 1. The first-order valence-electron chi connectivity index (χ1n) is 13.4. The molecule has 2 aromatic carbocycles. The number of alkyl halides is 3. The summed E-state index contributed by atoms with van der Waals surface area (Å²) in [6.07, 6.45) is -6.71. The van der Waals surface area contributed by atoms with Gasteiger partial charge in [0.15, 0.2) is 5.69 Å². The molecule has 1 unspecified atom stereocenters. The van der Waals surface area contributed by atoms with E-state index >= 15 is 0 Å². The highest BCUT2D eigenvalue weighted by molar-refractivity contribution is 7.90. The van der Waals surface area contributed by atoms with Crippen LogP contribution < -0.4 is 4.72 Å². The molecule has 1 aliphatic rings. The number of amides is 1. The fourth-order valence-electron chi connectivity index (χ4n) is 4.09. The van der Waals surface area contributed by atoms with Crippen LogP contribution in [0.4, 0.5) is 18.0 Å². The Balaban J connectivity index is 1.38. The van der Waals surface area contributed by atoms with Crippen LogP contribution in [-0.2, 0) is 35.3 Å². The van der Waals surface area contributed by atoms with Crippen molar-refractivity contribution in [2.24, 2.45) is 11.2 Å². The van der Waals surface area contributed by atoms with Crippen LogP contribution in [0.15, 0.2) is 64.8 Å². The van der Waals surface area contributed by atoms with Crippen LogP contribution in [0.2, 0.25) is 0 Å². The van der Waals surface area contributed by atoms with Gasteiger partial charge in [-0.2, -0.15) is 18.3 Å². The molecule has 0 radical (unpaired) electrons. The van der Waals surface area contributed by atoms with Crippen LogP contribution in [0.25, 0.3) is 16.9 Å². The molecule has 1 N–H and O–H groups in total. The fraction of sp³-hybridized carbons (Fsp3) is 0.370. The molecule has 0 aliphatic carbocycles. The van der Waals surface area contributed by atoms with Gasteiger partial charge in [-0.3, -0.25) is 4.79 Å². The Kier molecular flexibility index (Phi) is 9.84. The van der Waals surface area contributed by atoms with E-state index in [2.05, 4.69) is 15.2 Å². The number of halogens is 3. The zero-order chi connectivity index (χ0) is 32.9. The molecule has 0 spiro atoms. The summed E-state index contributed by atoms with van der Waals surface area (Å²) >= 11 is 0. The molecule has 3 aromatic rings. The summed E-state index contributed by atoms with van der Waals surface area (Å²) < 4.78 is 78.7. The monoisotopic (exact) mass is 654 g/mol. The number of aromatic nitrogens is 2. The van der Waals surface area contributed by atoms with Gasteiger partial charge in [0.2, 0.25) is 5.28 Å². The molecule has 1 amide bonds. The molecule has 1 aliphatic heterocycles. The molecule has 2 heterocycles. The lowest BCUT2D eigenvalue weighted by molar-refractivity contribution is -0.708. The Morgan fingerprint density at radius 1 is 1.16 bits per heavy atom. The lowest BCUT2D eigenvalue weighted by Crippen LogP contribution is -2.36. The average molecular weight is 655 g/mol. The first-order chi connectivity index (χ1) is 21.1. The van der Waals surface area contributed by atoms with Gasteiger partial charge in [-0.1, -0.05) is 43.7 Å². The van der Waals surface area contributed by atoms with Crippen molar-refractivity contribution in [2.75, 3.05) is 19.9 Å². The van der Waals surface area contributed by atoms with Crippen molar-refractivity contribution < 1.29 is 50.5 Å². The molecule has 1 aromatic heterocycles. The number of hydrazine groups is 1. The van der Waals surface area contributed by atoms with Gasteiger partial charge in [0.05, 0.1) is 33.7 Å². The van der Waals surface area contributed by atoms with Gasteiger partial charge in [0.25, 0.3) is 16.8 Å². The van der Waals surface area contributed by atoms with Crippen molar-refractivity contribution in [3.05, 3.63) is 71.1 Å². The second-order valence-corrected chi connectivity index (χ2v) is 11.9. The van der Waals surface area contributed by atoms with Gasteiger partial charge in [-0.15, -0.1) is 5.01 Å². The van der Waals surface area contributed by atoms with Gasteiger partial charge >= 0.3 is 18.2 Å². The quantitative estimate of drug-likeness (QED) is 0.0830. The normalized spacial score (nSPS) is 15.7. The Bertz CT molecular complexity index is 1660. The maximum Gasteiger partial charge on any atom is 0.435 e. The second-order valence-electron chi connectivity index (χ2n) is 10.2. The van der Waals surface area contributed by atoms with Crippen LogP contribution in [0.5, 0.6) is 0 Å². The molecule has 242 valence electrons. The van der Waals surface area contributed by atoms with Crippen molar-refractivity contribution in [3.8, 4) is 16.9 Å². The van der Waals surface area contributed by atoms with Crippen molar-refractivity contribution in [1.82, 2.24) is 19.5 Å². The molecule has 18 heteroatoms. The lowest BCUT2D eigenvalue weighted by Gasteiger charge is -2.14. The van der Waals surface area contributed by atoms with E-state index in [1.54, 1.807) is 42.8 Å². The highest BCUT2D eigenvalue weighted by Gasteiger charge is 2.36. The summed E-state index contributed by atoms with van der Waals surface area (Å²) in [4.78, 5) is 28.1. The van der Waals surface area contributed by atoms with E-state index in [4.69, 9.17) is 9.47 Å². The van der Waals surface area contributed by atoms with E-state index in [0.717, 1.165) is 33.5 Å². The molecular weight excluding hydrogens is 625 g/mol. The number of hydrogen-bond donors (Lipinski definition) is 1. The first kappa shape index (κ1) is 33.0. The Labute approximate surface area is 255 Å². The Morgan fingerprint density at radius 2 is 1.82 bits per heavy atom. The molecule has 0 saturated carbocycles. The number of hydrogen-bond acceptors (Lipinski definition) is 10. The predicted octanol–water partition coefficient (Wildman–Crippen LogP) is 4.32. The van der Waals surface area contributed by atoms with Crippen LogP contribution in [0.3, 0.4) is 0 Å². The number of rotatable bonds is 10. The van der Waals surface area contributed by atoms with Crippen LogP contribution in [0, 0.1) is 18.0 Å². The molecule has 0 bridgehead atoms. The number of benzene rings is 2. The summed E-state index contributed by atoms with van der Waals surface area (Å²) in [5.74, 6) is -0.934. The Morgan fingerprint density at radius 3 is 2.44 bits per heavy atom. The van der Waals surface area contributed by atoms with E-state index in [0.29, 0.717) is 5.56 Å². The standard InChI is InChI=1S/C27H29F3N6O8S/c1-17(2)25(37)42-16-43-33-36(39)34-13-12-21(15-34)44-26(38)32-45(40,41)22-10-8-20(9-11-22)35-23(14-24(31-35)27(28,29)30)19-6-4-18(3)5-7-19/h4-11,14,17,21H,12-13,15-16H2,1-3H3,(H,32,38). The zero-order valence-electron chi connectivity index (χ0n) is 24.2. The number of ether oxygens (including phenoxy) is 2. The van der Waals surface area contributed by atoms with Gasteiger partial charge in [0.1, 0.15) is 12.6 Å². The zero-order valence-corrected chi connectivity index (χ0v) is 25.0. The highest BCUT2D eigenvalue weighted by Crippen LogP contribution is 2.33. The number of esters is 1. The minimum Gasteiger partial charge on any atom is -0.569 e. The lowest BCUT2D eigenvalue weighted by atomic mass is 10.1.